The predicted molar refractivity (Wildman–Crippen MR) is 84.8 cm³/mol. The lowest BCUT2D eigenvalue weighted by atomic mass is 10.1. The first-order valence-electron chi connectivity index (χ1n) is 8.59. The molecule has 3 rings (SSSR count). The van der Waals surface area contributed by atoms with Gasteiger partial charge in [0, 0.05) is 32.2 Å². The van der Waals surface area contributed by atoms with Gasteiger partial charge in [-0.05, 0) is 38.8 Å². The summed E-state index contributed by atoms with van der Waals surface area (Å²) in [7, 11) is -3.09. The van der Waals surface area contributed by atoms with E-state index in [1.54, 1.807) is 0 Å². The summed E-state index contributed by atoms with van der Waals surface area (Å²) in [5, 5.41) is -0.181. The van der Waals surface area contributed by atoms with Crippen molar-refractivity contribution in [3.63, 3.8) is 0 Å². The van der Waals surface area contributed by atoms with E-state index in [1.807, 2.05) is 0 Å². The number of likely N-dealkylation sites (tertiary alicyclic amines) is 2. The number of hydrogen-bond acceptors (Lipinski definition) is 4. The van der Waals surface area contributed by atoms with Crippen molar-refractivity contribution in [2.75, 3.05) is 39.3 Å². The van der Waals surface area contributed by atoms with Gasteiger partial charge in [0.1, 0.15) is 5.25 Å². The van der Waals surface area contributed by atoms with Gasteiger partial charge in [-0.25, -0.2) is 13.1 Å². The summed E-state index contributed by atoms with van der Waals surface area (Å²) < 4.78 is 27.5. The van der Waals surface area contributed by atoms with E-state index in [2.05, 4.69) is 14.5 Å². The quantitative estimate of drug-likeness (QED) is 0.795. The van der Waals surface area contributed by atoms with Crippen molar-refractivity contribution in [3.05, 3.63) is 0 Å². The van der Waals surface area contributed by atoms with Crippen molar-refractivity contribution in [2.45, 2.75) is 56.2 Å². The summed E-state index contributed by atoms with van der Waals surface area (Å²) in [5.74, 6) is 0. The van der Waals surface area contributed by atoms with Crippen LogP contribution in [0.3, 0.4) is 0 Å². The highest BCUT2D eigenvalue weighted by Crippen LogP contribution is 2.22. The molecule has 2 aliphatic heterocycles. The van der Waals surface area contributed by atoms with Crippen LogP contribution in [0.15, 0.2) is 0 Å². The molecule has 122 valence electrons. The van der Waals surface area contributed by atoms with Crippen molar-refractivity contribution in [1.82, 2.24) is 14.5 Å². The van der Waals surface area contributed by atoms with E-state index < -0.39 is 10.0 Å². The van der Waals surface area contributed by atoms with Crippen molar-refractivity contribution in [2.24, 2.45) is 0 Å². The van der Waals surface area contributed by atoms with Gasteiger partial charge in [-0.15, -0.1) is 0 Å². The van der Waals surface area contributed by atoms with Gasteiger partial charge in [0.25, 0.3) is 0 Å². The molecular formula is C15H29N3O2S. The smallest absolute Gasteiger partial charge is 0.217 e. The van der Waals surface area contributed by atoms with Crippen LogP contribution in [0.4, 0.5) is 0 Å². The van der Waals surface area contributed by atoms with Crippen LogP contribution < -0.4 is 4.72 Å². The van der Waals surface area contributed by atoms with Crippen LogP contribution in [0.2, 0.25) is 0 Å². The second-order valence-corrected chi connectivity index (χ2v) is 8.92. The van der Waals surface area contributed by atoms with Gasteiger partial charge in [0.15, 0.2) is 0 Å². The summed E-state index contributed by atoms with van der Waals surface area (Å²) in [6.07, 6.45) is 8.38. The topological polar surface area (TPSA) is 52.7 Å². The van der Waals surface area contributed by atoms with E-state index in [-0.39, 0.29) is 11.3 Å². The molecule has 2 heterocycles. The molecule has 0 aromatic rings. The van der Waals surface area contributed by atoms with E-state index in [1.165, 1.54) is 45.2 Å². The molecule has 0 bridgehead atoms. The SMILES string of the molecule is O=S(=O)(NC1CCCC1)C1CN(CCN2CCCCC2)C1. The zero-order valence-electron chi connectivity index (χ0n) is 13.0. The molecule has 21 heavy (non-hydrogen) atoms. The Morgan fingerprint density at radius 1 is 0.857 bits per heavy atom. The van der Waals surface area contributed by atoms with Gasteiger partial charge in [-0.3, -0.25) is 4.90 Å². The van der Waals surface area contributed by atoms with E-state index in [4.69, 9.17) is 0 Å². The number of nitrogens with zero attached hydrogens (tertiary/aromatic N) is 2. The number of hydrogen-bond donors (Lipinski definition) is 1. The molecule has 3 aliphatic rings. The standard InChI is InChI=1S/C15H29N3O2S/c19-21(20,16-14-6-2-3-7-14)15-12-18(13-15)11-10-17-8-4-1-5-9-17/h14-16H,1-13H2. The van der Waals surface area contributed by atoms with Crippen molar-refractivity contribution < 1.29 is 8.42 Å². The summed E-state index contributed by atoms with van der Waals surface area (Å²) in [5.41, 5.74) is 0. The third kappa shape index (κ3) is 4.18. The Labute approximate surface area is 129 Å². The fraction of sp³-hybridized carbons (Fsp3) is 1.00. The molecule has 1 N–H and O–H groups in total. The zero-order chi connectivity index (χ0) is 14.7. The molecule has 0 spiro atoms. The molecule has 1 aliphatic carbocycles. The molecule has 5 nitrogen and oxygen atoms in total. The highest BCUT2D eigenvalue weighted by atomic mass is 32.2. The zero-order valence-corrected chi connectivity index (χ0v) is 13.8. The Morgan fingerprint density at radius 2 is 1.48 bits per heavy atom. The maximum absolute atomic E-state index is 12.3. The van der Waals surface area contributed by atoms with E-state index in [0.717, 1.165) is 39.0 Å². The summed E-state index contributed by atoms with van der Waals surface area (Å²) >= 11 is 0. The van der Waals surface area contributed by atoms with Crippen molar-refractivity contribution in [3.8, 4) is 0 Å². The van der Waals surface area contributed by atoms with Crippen LogP contribution >= 0.6 is 0 Å². The normalized spacial score (nSPS) is 27.0. The van der Waals surface area contributed by atoms with Crippen LogP contribution in [-0.4, -0.2) is 68.8 Å². The van der Waals surface area contributed by atoms with Gasteiger partial charge < -0.3 is 4.90 Å². The van der Waals surface area contributed by atoms with Crippen LogP contribution in [0.5, 0.6) is 0 Å². The highest BCUT2D eigenvalue weighted by molar-refractivity contribution is 7.90. The maximum Gasteiger partial charge on any atom is 0.217 e. The lowest BCUT2D eigenvalue weighted by Gasteiger charge is -2.40. The number of sulfonamides is 1. The second kappa shape index (κ2) is 6.94. The molecule has 0 radical (unpaired) electrons. The van der Waals surface area contributed by atoms with Crippen LogP contribution in [0.25, 0.3) is 0 Å². The van der Waals surface area contributed by atoms with E-state index in [9.17, 15) is 8.42 Å². The van der Waals surface area contributed by atoms with Gasteiger partial charge in [-0.1, -0.05) is 19.3 Å². The van der Waals surface area contributed by atoms with Gasteiger partial charge in [-0.2, -0.15) is 0 Å². The van der Waals surface area contributed by atoms with Crippen molar-refractivity contribution in [1.29, 1.82) is 0 Å². The molecule has 3 fully saturated rings. The van der Waals surface area contributed by atoms with E-state index in [0.29, 0.717) is 0 Å². The molecule has 0 amide bonds. The monoisotopic (exact) mass is 315 g/mol. The average Bonchev–Trinajstić information content (AvgIpc) is 2.90. The van der Waals surface area contributed by atoms with E-state index >= 15 is 0 Å². The Hall–Kier alpha value is -0.170. The molecule has 2 saturated heterocycles. The Morgan fingerprint density at radius 3 is 2.14 bits per heavy atom. The Balaban J connectivity index is 1.36. The minimum Gasteiger partial charge on any atom is -0.302 e. The predicted octanol–water partition coefficient (Wildman–Crippen LogP) is 1.02. The maximum atomic E-state index is 12.3. The summed E-state index contributed by atoms with van der Waals surface area (Å²) in [6.45, 7) is 6.00. The Kier molecular flexibility index (Phi) is 5.19. The van der Waals surface area contributed by atoms with Crippen LogP contribution in [0, 0.1) is 0 Å². The first-order chi connectivity index (χ1) is 10.1. The minimum atomic E-state index is -3.09. The lowest BCUT2D eigenvalue weighted by Crippen LogP contribution is -2.59. The fourth-order valence-corrected chi connectivity index (χ4v) is 5.45. The first kappa shape index (κ1) is 15.7. The van der Waals surface area contributed by atoms with Gasteiger partial charge in [0.2, 0.25) is 10.0 Å². The molecule has 0 atom stereocenters. The van der Waals surface area contributed by atoms with Crippen LogP contribution in [0.1, 0.15) is 44.9 Å². The molecular weight excluding hydrogens is 286 g/mol. The molecule has 1 saturated carbocycles. The van der Waals surface area contributed by atoms with Crippen molar-refractivity contribution >= 4 is 10.0 Å². The summed E-state index contributed by atoms with van der Waals surface area (Å²) in [6, 6.07) is 0.206. The number of nitrogens with one attached hydrogen (secondary N) is 1. The number of rotatable bonds is 6. The third-order valence-electron chi connectivity index (χ3n) is 5.23. The van der Waals surface area contributed by atoms with Crippen LogP contribution in [-0.2, 0) is 10.0 Å². The average molecular weight is 315 g/mol. The number of piperidine rings is 1. The first-order valence-corrected chi connectivity index (χ1v) is 10.1. The molecule has 0 aromatic carbocycles. The summed E-state index contributed by atoms with van der Waals surface area (Å²) in [4.78, 5) is 4.80. The minimum absolute atomic E-state index is 0.181. The van der Waals surface area contributed by atoms with Gasteiger partial charge >= 0.3 is 0 Å². The third-order valence-corrected chi connectivity index (χ3v) is 7.07. The lowest BCUT2D eigenvalue weighted by molar-refractivity contribution is 0.140. The fourth-order valence-electron chi connectivity index (χ4n) is 3.74. The largest absolute Gasteiger partial charge is 0.302 e. The molecule has 0 unspecified atom stereocenters. The highest BCUT2D eigenvalue weighted by Gasteiger charge is 2.38. The molecule has 0 aromatic heterocycles. The molecule has 6 heteroatoms. The second-order valence-electron chi connectivity index (χ2n) is 6.93. The Bertz CT molecular complexity index is 422. The van der Waals surface area contributed by atoms with Gasteiger partial charge in [0.05, 0.1) is 0 Å².